The predicted octanol–water partition coefficient (Wildman–Crippen LogP) is 4.88. The third-order valence-corrected chi connectivity index (χ3v) is 5.40. The average Bonchev–Trinajstić information content (AvgIpc) is 3.19. The van der Waals surface area contributed by atoms with Gasteiger partial charge in [-0.15, -0.1) is 11.3 Å². The van der Waals surface area contributed by atoms with E-state index in [0.29, 0.717) is 21.5 Å². The van der Waals surface area contributed by atoms with E-state index in [-0.39, 0.29) is 5.69 Å². The number of amides is 1. The van der Waals surface area contributed by atoms with Crippen LogP contribution in [0.5, 0.6) is 5.75 Å². The Hall–Kier alpha value is -2.90. The van der Waals surface area contributed by atoms with Crippen molar-refractivity contribution in [3.8, 4) is 16.3 Å². The van der Waals surface area contributed by atoms with Crippen molar-refractivity contribution in [3.05, 3.63) is 63.6 Å². The quantitative estimate of drug-likeness (QED) is 0.563. The number of nitrogens with zero attached hydrogens (tertiary/aromatic N) is 1. The summed E-state index contributed by atoms with van der Waals surface area (Å²) < 4.78 is 10.3. The molecule has 150 valence electrons. The number of rotatable bonds is 6. The number of methoxy groups -OCH3 is 1. The molecule has 0 unspecified atom stereocenters. The van der Waals surface area contributed by atoms with Crippen molar-refractivity contribution >= 4 is 40.5 Å². The second kappa shape index (κ2) is 9.07. The Morgan fingerprint density at radius 3 is 2.59 bits per heavy atom. The van der Waals surface area contributed by atoms with Crippen LogP contribution in [0.15, 0.2) is 41.8 Å². The van der Waals surface area contributed by atoms with Crippen LogP contribution in [0.4, 0.5) is 5.69 Å². The van der Waals surface area contributed by atoms with Gasteiger partial charge in [-0.1, -0.05) is 41.4 Å². The molecular weight excluding hydrogens is 412 g/mol. The standard InChI is InChI=1S/C21H19ClN2O4S/c1-12-4-6-14(7-5-12)20-24-17(11-29-20)21(26)28-10-19(25)23-16-8-13(2)15(22)9-18(16)27-3/h4-9,11H,10H2,1-3H3,(H,23,25). The zero-order valence-corrected chi connectivity index (χ0v) is 17.7. The van der Waals surface area contributed by atoms with Crippen molar-refractivity contribution in [1.82, 2.24) is 4.98 Å². The summed E-state index contributed by atoms with van der Waals surface area (Å²) in [5.74, 6) is -0.733. The molecule has 1 heterocycles. The first-order chi connectivity index (χ1) is 13.9. The molecule has 0 fully saturated rings. The van der Waals surface area contributed by atoms with Crippen LogP contribution in [0.2, 0.25) is 5.02 Å². The summed E-state index contributed by atoms with van der Waals surface area (Å²) in [5, 5.41) is 5.51. The van der Waals surface area contributed by atoms with Gasteiger partial charge >= 0.3 is 5.97 Å². The molecule has 1 N–H and O–H groups in total. The lowest BCUT2D eigenvalue weighted by Gasteiger charge is -2.12. The van der Waals surface area contributed by atoms with E-state index in [2.05, 4.69) is 10.3 Å². The fourth-order valence-corrected chi connectivity index (χ4v) is 3.47. The van der Waals surface area contributed by atoms with Gasteiger partial charge in [-0.05, 0) is 25.5 Å². The highest BCUT2D eigenvalue weighted by molar-refractivity contribution is 7.13. The summed E-state index contributed by atoms with van der Waals surface area (Å²) in [7, 11) is 1.48. The lowest BCUT2D eigenvalue weighted by molar-refractivity contribution is -0.119. The summed E-state index contributed by atoms with van der Waals surface area (Å²) in [6, 6.07) is 11.1. The van der Waals surface area contributed by atoms with Crippen LogP contribution in [-0.2, 0) is 9.53 Å². The van der Waals surface area contributed by atoms with Crippen LogP contribution in [-0.4, -0.2) is 30.6 Å². The van der Waals surface area contributed by atoms with Gasteiger partial charge < -0.3 is 14.8 Å². The molecule has 0 spiro atoms. The maximum absolute atomic E-state index is 12.2. The number of aryl methyl sites for hydroxylation is 2. The van der Waals surface area contributed by atoms with Crippen molar-refractivity contribution in [2.24, 2.45) is 0 Å². The van der Waals surface area contributed by atoms with Crippen LogP contribution >= 0.6 is 22.9 Å². The fourth-order valence-electron chi connectivity index (χ4n) is 2.52. The van der Waals surface area contributed by atoms with Gasteiger partial charge in [0.1, 0.15) is 10.8 Å². The molecule has 0 atom stereocenters. The number of ether oxygens (including phenoxy) is 2. The summed E-state index contributed by atoms with van der Waals surface area (Å²) in [5.41, 5.74) is 3.46. The minimum Gasteiger partial charge on any atom is -0.495 e. The molecular formula is C21H19ClN2O4S. The number of hydrogen-bond acceptors (Lipinski definition) is 6. The summed E-state index contributed by atoms with van der Waals surface area (Å²) in [6.45, 7) is 3.37. The largest absolute Gasteiger partial charge is 0.495 e. The van der Waals surface area contributed by atoms with Crippen LogP contribution in [0.1, 0.15) is 21.6 Å². The van der Waals surface area contributed by atoms with Crippen molar-refractivity contribution in [2.75, 3.05) is 19.0 Å². The number of carbonyl (C=O) groups excluding carboxylic acids is 2. The van der Waals surface area contributed by atoms with E-state index in [9.17, 15) is 9.59 Å². The maximum atomic E-state index is 12.2. The molecule has 0 aliphatic heterocycles. The number of esters is 1. The topological polar surface area (TPSA) is 77.5 Å². The number of aromatic nitrogens is 1. The van der Waals surface area contributed by atoms with E-state index in [1.54, 1.807) is 17.5 Å². The number of thiazole rings is 1. The Morgan fingerprint density at radius 1 is 1.17 bits per heavy atom. The van der Waals surface area contributed by atoms with Gasteiger partial charge in [0.2, 0.25) is 0 Å². The van der Waals surface area contributed by atoms with Gasteiger partial charge in [0.15, 0.2) is 12.3 Å². The van der Waals surface area contributed by atoms with Crippen LogP contribution in [0, 0.1) is 13.8 Å². The van der Waals surface area contributed by atoms with E-state index in [1.165, 1.54) is 18.4 Å². The van der Waals surface area contributed by atoms with E-state index in [0.717, 1.165) is 16.7 Å². The second-order valence-corrected chi connectivity index (χ2v) is 7.60. The number of halogens is 1. The summed E-state index contributed by atoms with van der Waals surface area (Å²) in [4.78, 5) is 28.7. The van der Waals surface area contributed by atoms with E-state index in [1.807, 2.05) is 38.1 Å². The maximum Gasteiger partial charge on any atom is 0.358 e. The second-order valence-electron chi connectivity index (χ2n) is 6.33. The lowest BCUT2D eigenvalue weighted by Crippen LogP contribution is -2.21. The first kappa shape index (κ1) is 20.8. The van der Waals surface area contributed by atoms with Crippen molar-refractivity contribution in [3.63, 3.8) is 0 Å². The molecule has 3 aromatic rings. The monoisotopic (exact) mass is 430 g/mol. The highest BCUT2D eigenvalue weighted by Gasteiger charge is 2.16. The van der Waals surface area contributed by atoms with Gasteiger partial charge in [0, 0.05) is 22.0 Å². The minimum atomic E-state index is -0.658. The Bertz CT molecular complexity index is 1050. The first-order valence-electron chi connectivity index (χ1n) is 8.71. The smallest absolute Gasteiger partial charge is 0.358 e. The van der Waals surface area contributed by atoms with Gasteiger partial charge in [-0.25, -0.2) is 9.78 Å². The molecule has 29 heavy (non-hydrogen) atoms. The number of anilines is 1. The van der Waals surface area contributed by atoms with Gasteiger partial charge in [-0.3, -0.25) is 4.79 Å². The Balaban J connectivity index is 1.60. The van der Waals surface area contributed by atoms with Gasteiger partial charge in [-0.2, -0.15) is 0 Å². The molecule has 0 bridgehead atoms. The normalized spacial score (nSPS) is 10.5. The van der Waals surface area contributed by atoms with Gasteiger partial charge in [0.25, 0.3) is 5.91 Å². The van der Waals surface area contributed by atoms with Crippen molar-refractivity contribution < 1.29 is 19.1 Å². The molecule has 2 aromatic carbocycles. The van der Waals surface area contributed by atoms with E-state index >= 15 is 0 Å². The summed E-state index contributed by atoms with van der Waals surface area (Å²) in [6.07, 6.45) is 0. The van der Waals surface area contributed by atoms with Crippen molar-refractivity contribution in [2.45, 2.75) is 13.8 Å². The van der Waals surface area contributed by atoms with Crippen LogP contribution in [0.3, 0.4) is 0 Å². The lowest BCUT2D eigenvalue weighted by atomic mass is 10.2. The first-order valence-corrected chi connectivity index (χ1v) is 9.97. The van der Waals surface area contributed by atoms with Crippen LogP contribution < -0.4 is 10.1 Å². The highest BCUT2D eigenvalue weighted by atomic mass is 35.5. The molecule has 8 heteroatoms. The Morgan fingerprint density at radius 2 is 1.90 bits per heavy atom. The molecule has 0 aliphatic carbocycles. The zero-order chi connectivity index (χ0) is 21.0. The van der Waals surface area contributed by atoms with Crippen molar-refractivity contribution in [1.29, 1.82) is 0 Å². The molecule has 0 saturated heterocycles. The average molecular weight is 431 g/mol. The Kier molecular flexibility index (Phi) is 6.51. The molecule has 1 amide bonds. The number of carbonyl (C=O) groups is 2. The zero-order valence-electron chi connectivity index (χ0n) is 16.1. The molecule has 0 saturated carbocycles. The Labute approximate surface area is 177 Å². The van der Waals surface area contributed by atoms with Crippen LogP contribution in [0.25, 0.3) is 10.6 Å². The molecule has 6 nitrogen and oxygen atoms in total. The molecule has 3 rings (SSSR count). The highest BCUT2D eigenvalue weighted by Crippen LogP contribution is 2.31. The SMILES string of the molecule is COc1cc(Cl)c(C)cc1NC(=O)COC(=O)c1csc(-c2ccc(C)cc2)n1. The number of hydrogen-bond donors (Lipinski definition) is 1. The molecule has 1 aromatic heterocycles. The molecule has 0 aliphatic rings. The van der Waals surface area contributed by atoms with E-state index in [4.69, 9.17) is 21.1 Å². The molecule has 0 radical (unpaired) electrons. The number of benzene rings is 2. The predicted molar refractivity (Wildman–Crippen MR) is 114 cm³/mol. The van der Waals surface area contributed by atoms with Gasteiger partial charge in [0.05, 0.1) is 12.8 Å². The third kappa shape index (κ3) is 5.13. The van der Waals surface area contributed by atoms with E-state index < -0.39 is 18.5 Å². The minimum absolute atomic E-state index is 0.165. The third-order valence-electron chi connectivity index (χ3n) is 4.10. The summed E-state index contributed by atoms with van der Waals surface area (Å²) >= 11 is 7.40. The number of nitrogens with one attached hydrogen (secondary N) is 1. The fraction of sp³-hybridized carbons (Fsp3) is 0.190.